The van der Waals surface area contributed by atoms with Gasteiger partial charge in [0.05, 0.1) is 4.47 Å². The Morgan fingerprint density at radius 3 is 2.89 bits per heavy atom. The lowest BCUT2D eigenvalue weighted by Crippen LogP contribution is -2.22. The first-order valence-corrected chi connectivity index (χ1v) is 6.35. The van der Waals surface area contributed by atoms with Gasteiger partial charge in [0.25, 0.3) is 0 Å². The Balaban J connectivity index is 2.03. The number of hydrogen-bond acceptors (Lipinski definition) is 5. The maximum absolute atomic E-state index is 5.59. The predicted molar refractivity (Wildman–Crippen MR) is 75.4 cm³/mol. The van der Waals surface area contributed by atoms with Crippen molar-refractivity contribution in [2.24, 2.45) is 0 Å². The average Bonchev–Trinajstić information content (AvgIpc) is 2.40. The molecule has 0 aliphatic rings. The number of pyridine rings is 1. The summed E-state index contributed by atoms with van der Waals surface area (Å²) in [4.78, 5) is 14.4. The van der Waals surface area contributed by atoms with Gasteiger partial charge in [-0.15, -0.1) is 0 Å². The maximum atomic E-state index is 5.59. The molecule has 6 heteroatoms. The van der Waals surface area contributed by atoms with Crippen molar-refractivity contribution in [2.45, 2.75) is 6.42 Å². The molecule has 0 spiro atoms. The molecule has 0 fully saturated rings. The van der Waals surface area contributed by atoms with Crippen LogP contribution in [0.1, 0.15) is 5.69 Å². The van der Waals surface area contributed by atoms with Crippen LogP contribution in [0.5, 0.6) is 0 Å². The number of rotatable bonds is 4. The second-order valence-electron chi connectivity index (χ2n) is 3.89. The summed E-state index contributed by atoms with van der Waals surface area (Å²) in [5, 5.41) is 0. The van der Waals surface area contributed by atoms with Gasteiger partial charge in [0, 0.05) is 38.1 Å². The number of anilines is 2. The van der Waals surface area contributed by atoms with Crippen LogP contribution in [-0.2, 0) is 6.42 Å². The molecule has 0 saturated heterocycles. The summed E-state index contributed by atoms with van der Waals surface area (Å²) in [6.45, 7) is 0.812. The van der Waals surface area contributed by atoms with Crippen LogP contribution in [-0.4, -0.2) is 28.5 Å². The smallest absolute Gasteiger partial charge is 0.222 e. The van der Waals surface area contributed by atoms with Gasteiger partial charge in [-0.25, -0.2) is 4.98 Å². The average molecular weight is 308 g/mol. The number of nitrogens with zero attached hydrogens (tertiary/aromatic N) is 4. The quantitative estimate of drug-likeness (QED) is 0.934. The largest absolute Gasteiger partial charge is 0.368 e. The van der Waals surface area contributed by atoms with E-state index in [1.807, 2.05) is 30.1 Å². The van der Waals surface area contributed by atoms with Crippen molar-refractivity contribution >= 4 is 27.7 Å². The molecular formula is C12H14BrN5. The van der Waals surface area contributed by atoms with E-state index in [0.29, 0.717) is 0 Å². The number of nitrogen functional groups attached to an aromatic ring is 1. The second-order valence-corrected chi connectivity index (χ2v) is 4.75. The van der Waals surface area contributed by atoms with Gasteiger partial charge in [-0.1, -0.05) is 6.07 Å². The van der Waals surface area contributed by atoms with E-state index in [2.05, 4.69) is 30.9 Å². The van der Waals surface area contributed by atoms with Crippen molar-refractivity contribution in [1.29, 1.82) is 0 Å². The third kappa shape index (κ3) is 3.16. The molecule has 0 aromatic carbocycles. The first-order chi connectivity index (χ1) is 8.66. The monoisotopic (exact) mass is 307 g/mol. The van der Waals surface area contributed by atoms with Gasteiger partial charge >= 0.3 is 0 Å². The van der Waals surface area contributed by atoms with Crippen LogP contribution in [0.2, 0.25) is 0 Å². The fourth-order valence-electron chi connectivity index (χ4n) is 1.57. The van der Waals surface area contributed by atoms with Gasteiger partial charge < -0.3 is 10.6 Å². The highest BCUT2D eigenvalue weighted by Gasteiger charge is 2.09. The van der Waals surface area contributed by atoms with E-state index in [9.17, 15) is 0 Å². The van der Waals surface area contributed by atoms with Crippen LogP contribution in [0, 0.1) is 0 Å². The Labute approximate surface area is 114 Å². The molecule has 0 aliphatic carbocycles. The normalized spacial score (nSPS) is 10.3. The number of hydrogen-bond donors (Lipinski definition) is 1. The van der Waals surface area contributed by atoms with Crippen molar-refractivity contribution in [3.05, 3.63) is 40.8 Å². The van der Waals surface area contributed by atoms with E-state index >= 15 is 0 Å². The van der Waals surface area contributed by atoms with E-state index in [1.165, 1.54) is 0 Å². The molecule has 0 unspecified atom stereocenters. The van der Waals surface area contributed by atoms with E-state index in [4.69, 9.17) is 5.73 Å². The van der Waals surface area contributed by atoms with E-state index in [1.54, 1.807) is 12.4 Å². The van der Waals surface area contributed by atoms with Gasteiger partial charge in [-0.3, -0.25) is 4.98 Å². The Hall–Kier alpha value is -1.69. The molecule has 94 valence electrons. The zero-order chi connectivity index (χ0) is 13.0. The second kappa shape index (κ2) is 5.77. The third-order valence-electron chi connectivity index (χ3n) is 2.54. The highest BCUT2D eigenvalue weighted by atomic mass is 79.9. The summed E-state index contributed by atoms with van der Waals surface area (Å²) in [6, 6.07) is 5.91. The molecule has 0 radical (unpaired) electrons. The molecule has 0 aliphatic heterocycles. The summed E-state index contributed by atoms with van der Waals surface area (Å²) in [5.74, 6) is 1.07. The predicted octanol–water partition coefficient (Wildman–Crippen LogP) is 1.90. The molecule has 0 amide bonds. The summed E-state index contributed by atoms with van der Waals surface area (Å²) in [5.41, 5.74) is 6.65. The van der Waals surface area contributed by atoms with Gasteiger partial charge in [0.2, 0.25) is 5.95 Å². The molecule has 2 heterocycles. The molecule has 2 aromatic rings. The molecule has 2 N–H and O–H groups in total. The van der Waals surface area contributed by atoms with Crippen molar-refractivity contribution in [1.82, 2.24) is 15.0 Å². The lowest BCUT2D eigenvalue weighted by molar-refractivity contribution is 0.834. The first kappa shape index (κ1) is 12.8. The highest BCUT2D eigenvalue weighted by molar-refractivity contribution is 9.10. The van der Waals surface area contributed by atoms with E-state index in [-0.39, 0.29) is 5.95 Å². The van der Waals surface area contributed by atoms with E-state index < -0.39 is 0 Å². The molecule has 2 aromatic heterocycles. The van der Waals surface area contributed by atoms with Gasteiger partial charge in [-0.2, -0.15) is 4.98 Å². The van der Waals surface area contributed by atoms with Crippen LogP contribution < -0.4 is 10.6 Å². The standard InChI is InChI=1S/C12H14BrN5/c1-18(7-5-9-4-2-3-6-15-9)11-10(13)8-16-12(14)17-11/h2-4,6,8H,5,7H2,1H3,(H2,14,16,17). The van der Waals surface area contributed by atoms with Crippen LogP contribution in [0.3, 0.4) is 0 Å². The van der Waals surface area contributed by atoms with Crippen LogP contribution >= 0.6 is 15.9 Å². The zero-order valence-electron chi connectivity index (χ0n) is 10.0. The molecule has 2 rings (SSSR count). The van der Waals surface area contributed by atoms with Gasteiger partial charge in [0.15, 0.2) is 0 Å². The van der Waals surface area contributed by atoms with Crippen LogP contribution in [0.25, 0.3) is 0 Å². The van der Waals surface area contributed by atoms with E-state index in [0.717, 1.165) is 29.0 Å². The molecule has 0 atom stereocenters. The minimum atomic E-state index is 0.276. The SMILES string of the molecule is CN(CCc1ccccn1)c1nc(N)ncc1Br. The third-order valence-corrected chi connectivity index (χ3v) is 3.09. The Morgan fingerprint density at radius 1 is 1.33 bits per heavy atom. The van der Waals surface area contributed by atoms with Crippen molar-refractivity contribution in [3.63, 3.8) is 0 Å². The fraction of sp³-hybridized carbons (Fsp3) is 0.250. The lowest BCUT2D eigenvalue weighted by atomic mass is 10.2. The number of nitrogens with two attached hydrogens (primary N) is 1. The molecule has 5 nitrogen and oxygen atoms in total. The van der Waals surface area contributed by atoms with Crippen molar-refractivity contribution in [2.75, 3.05) is 24.2 Å². The van der Waals surface area contributed by atoms with Gasteiger partial charge in [0.1, 0.15) is 5.82 Å². The topological polar surface area (TPSA) is 67.9 Å². The number of likely N-dealkylation sites (N-methyl/N-ethyl adjacent to an activating group) is 1. The minimum Gasteiger partial charge on any atom is -0.368 e. The van der Waals surface area contributed by atoms with Crippen LogP contribution in [0.4, 0.5) is 11.8 Å². The zero-order valence-corrected chi connectivity index (χ0v) is 11.6. The number of aromatic nitrogens is 3. The summed E-state index contributed by atoms with van der Waals surface area (Å²) in [7, 11) is 1.97. The van der Waals surface area contributed by atoms with Crippen molar-refractivity contribution < 1.29 is 0 Å². The Morgan fingerprint density at radius 2 is 2.17 bits per heavy atom. The first-order valence-electron chi connectivity index (χ1n) is 5.56. The molecule has 0 saturated carbocycles. The lowest BCUT2D eigenvalue weighted by Gasteiger charge is -2.19. The summed E-state index contributed by atoms with van der Waals surface area (Å²) in [6.07, 6.45) is 4.32. The highest BCUT2D eigenvalue weighted by Crippen LogP contribution is 2.22. The van der Waals surface area contributed by atoms with Gasteiger partial charge in [-0.05, 0) is 28.1 Å². The molecule has 18 heavy (non-hydrogen) atoms. The maximum Gasteiger partial charge on any atom is 0.222 e. The van der Waals surface area contributed by atoms with Crippen LogP contribution in [0.15, 0.2) is 35.1 Å². The Kier molecular flexibility index (Phi) is 4.09. The summed E-state index contributed by atoms with van der Waals surface area (Å²) >= 11 is 3.42. The van der Waals surface area contributed by atoms with Crippen molar-refractivity contribution in [3.8, 4) is 0 Å². The summed E-state index contributed by atoms with van der Waals surface area (Å²) < 4.78 is 0.834. The minimum absolute atomic E-state index is 0.276. The molecular weight excluding hydrogens is 294 g/mol. The Bertz CT molecular complexity index is 517. The fourth-order valence-corrected chi connectivity index (χ4v) is 2.07. The molecule has 0 bridgehead atoms. The number of halogens is 1.